The summed E-state index contributed by atoms with van der Waals surface area (Å²) in [5.41, 5.74) is 3.80. The van der Waals surface area contributed by atoms with Crippen LogP contribution in [0.1, 0.15) is 48.0 Å². The molecule has 2 aromatic rings. The zero-order valence-electron chi connectivity index (χ0n) is 12.6. The van der Waals surface area contributed by atoms with Crippen molar-refractivity contribution in [1.29, 1.82) is 0 Å². The molecule has 0 fully saturated rings. The molecule has 4 heteroatoms. The molecule has 1 heterocycles. The number of carbonyl (C=O) groups is 1. The molecule has 0 saturated carbocycles. The van der Waals surface area contributed by atoms with Gasteiger partial charge in [-0.2, -0.15) is 5.10 Å². The standard InChI is InChI=1S/C16H20N2O2/c1-10-7-6-8-11(2)13(10)18-14(16(3,4)5)12(9-17-18)15(19)20/h6-9H,1-5H3,(H,19,20). The molecule has 1 N–H and O–H groups in total. The summed E-state index contributed by atoms with van der Waals surface area (Å²) < 4.78 is 1.77. The molecule has 0 radical (unpaired) electrons. The molecule has 1 aromatic heterocycles. The third-order valence-corrected chi connectivity index (χ3v) is 3.36. The van der Waals surface area contributed by atoms with Gasteiger partial charge in [0.25, 0.3) is 0 Å². The Morgan fingerprint density at radius 1 is 1.20 bits per heavy atom. The minimum Gasteiger partial charge on any atom is -0.478 e. The molecule has 0 spiro atoms. The molecule has 0 aliphatic heterocycles. The highest BCUT2D eigenvalue weighted by Crippen LogP contribution is 2.30. The lowest BCUT2D eigenvalue weighted by Gasteiger charge is -2.23. The Hall–Kier alpha value is -2.10. The minimum atomic E-state index is -0.938. The second-order valence-corrected chi connectivity index (χ2v) is 6.11. The smallest absolute Gasteiger partial charge is 0.339 e. The number of carboxylic acid groups (broad SMARTS) is 1. The predicted molar refractivity (Wildman–Crippen MR) is 78.7 cm³/mol. The van der Waals surface area contributed by atoms with Gasteiger partial charge in [0.15, 0.2) is 0 Å². The Morgan fingerprint density at radius 2 is 1.75 bits per heavy atom. The SMILES string of the molecule is Cc1cccc(C)c1-n1ncc(C(=O)O)c1C(C)(C)C. The van der Waals surface area contributed by atoms with E-state index in [4.69, 9.17) is 0 Å². The fourth-order valence-corrected chi connectivity index (χ4v) is 2.54. The fourth-order valence-electron chi connectivity index (χ4n) is 2.54. The van der Waals surface area contributed by atoms with E-state index in [-0.39, 0.29) is 11.0 Å². The average molecular weight is 272 g/mol. The van der Waals surface area contributed by atoms with Crippen molar-refractivity contribution in [2.24, 2.45) is 0 Å². The van der Waals surface area contributed by atoms with Crippen LogP contribution in [0.15, 0.2) is 24.4 Å². The van der Waals surface area contributed by atoms with E-state index >= 15 is 0 Å². The van der Waals surface area contributed by atoms with E-state index in [0.29, 0.717) is 0 Å². The van der Waals surface area contributed by atoms with E-state index in [1.165, 1.54) is 6.20 Å². The van der Waals surface area contributed by atoms with Crippen LogP contribution in [0.4, 0.5) is 0 Å². The topological polar surface area (TPSA) is 55.1 Å². The minimum absolute atomic E-state index is 0.264. The summed E-state index contributed by atoms with van der Waals surface area (Å²) in [6.07, 6.45) is 1.44. The van der Waals surface area contributed by atoms with Crippen molar-refractivity contribution in [2.45, 2.75) is 40.0 Å². The average Bonchev–Trinajstić information content (AvgIpc) is 2.73. The lowest BCUT2D eigenvalue weighted by atomic mass is 9.89. The van der Waals surface area contributed by atoms with Gasteiger partial charge in [-0.1, -0.05) is 39.0 Å². The summed E-state index contributed by atoms with van der Waals surface area (Å²) in [4.78, 5) is 11.4. The van der Waals surface area contributed by atoms with Crippen LogP contribution in [-0.2, 0) is 5.41 Å². The summed E-state index contributed by atoms with van der Waals surface area (Å²) in [5, 5.41) is 13.7. The molecule has 0 unspecified atom stereocenters. The van der Waals surface area contributed by atoms with E-state index < -0.39 is 5.97 Å². The van der Waals surface area contributed by atoms with Gasteiger partial charge in [-0.3, -0.25) is 0 Å². The monoisotopic (exact) mass is 272 g/mol. The molecule has 0 aliphatic rings. The summed E-state index contributed by atoms with van der Waals surface area (Å²) in [6, 6.07) is 6.01. The number of aromatic nitrogens is 2. The number of nitrogens with zero attached hydrogens (tertiary/aromatic N) is 2. The maximum absolute atomic E-state index is 11.4. The van der Waals surface area contributed by atoms with Crippen molar-refractivity contribution < 1.29 is 9.90 Å². The van der Waals surface area contributed by atoms with Crippen molar-refractivity contribution in [3.63, 3.8) is 0 Å². The highest BCUT2D eigenvalue weighted by atomic mass is 16.4. The number of hydrogen-bond acceptors (Lipinski definition) is 2. The van der Waals surface area contributed by atoms with E-state index in [1.807, 2.05) is 52.8 Å². The van der Waals surface area contributed by atoms with Gasteiger partial charge in [0.2, 0.25) is 0 Å². The van der Waals surface area contributed by atoms with Gasteiger partial charge >= 0.3 is 5.97 Å². The van der Waals surface area contributed by atoms with Gasteiger partial charge in [-0.15, -0.1) is 0 Å². The number of para-hydroxylation sites is 1. The molecule has 2 rings (SSSR count). The Kier molecular flexibility index (Phi) is 3.42. The second-order valence-electron chi connectivity index (χ2n) is 6.11. The van der Waals surface area contributed by atoms with E-state index in [1.54, 1.807) is 4.68 Å². The van der Waals surface area contributed by atoms with Crippen molar-refractivity contribution in [1.82, 2.24) is 9.78 Å². The van der Waals surface area contributed by atoms with Crippen LogP contribution in [0, 0.1) is 13.8 Å². The third kappa shape index (κ3) is 2.33. The van der Waals surface area contributed by atoms with Gasteiger partial charge in [-0.05, 0) is 25.0 Å². The zero-order chi connectivity index (χ0) is 15.1. The van der Waals surface area contributed by atoms with Crippen molar-refractivity contribution in [3.8, 4) is 5.69 Å². The highest BCUT2D eigenvalue weighted by molar-refractivity contribution is 5.89. The second kappa shape index (κ2) is 4.78. The lowest BCUT2D eigenvalue weighted by molar-refractivity contribution is 0.0694. The Morgan fingerprint density at radius 3 is 2.20 bits per heavy atom. The number of rotatable bonds is 2. The number of aromatic carboxylic acids is 1. The Balaban J connectivity index is 2.80. The summed E-state index contributed by atoms with van der Waals surface area (Å²) in [7, 11) is 0. The molecule has 4 nitrogen and oxygen atoms in total. The molecule has 0 aliphatic carbocycles. The zero-order valence-corrected chi connectivity index (χ0v) is 12.6. The molecule has 1 aromatic carbocycles. The molecule has 0 amide bonds. The molecule has 20 heavy (non-hydrogen) atoms. The van der Waals surface area contributed by atoms with Gasteiger partial charge in [-0.25, -0.2) is 9.48 Å². The first-order valence-corrected chi connectivity index (χ1v) is 6.62. The van der Waals surface area contributed by atoms with Crippen LogP contribution in [0.3, 0.4) is 0 Å². The fraction of sp³-hybridized carbons (Fsp3) is 0.375. The van der Waals surface area contributed by atoms with Gasteiger partial charge in [0.1, 0.15) is 5.56 Å². The van der Waals surface area contributed by atoms with Crippen LogP contribution in [0.5, 0.6) is 0 Å². The van der Waals surface area contributed by atoms with Gasteiger partial charge in [0, 0.05) is 5.41 Å². The van der Waals surface area contributed by atoms with Crippen LogP contribution >= 0.6 is 0 Å². The highest BCUT2D eigenvalue weighted by Gasteiger charge is 2.28. The van der Waals surface area contributed by atoms with E-state index in [0.717, 1.165) is 22.5 Å². The first-order valence-electron chi connectivity index (χ1n) is 6.62. The van der Waals surface area contributed by atoms with Crippen molar-refractivity contribution in [3.05, 3.63) is 46.8 Å². The number of aryl methyl sites for hydroxylation is 2. The van der Waals surface area contributed by atoms with Crippen molar-refractivity contribution >= 4 is 5.97 Å². The largest absolute Gasteiger partial charge is 0.478 e. The van der Waals surface area contributed by atoms with Crippen LogP contribution in [-0.4, -0.2) is 20.9 Å². The first kappa shape index (κ1) is 14.3. The molecule has 0 atom stereocenters. The molecular weight excluding hydrogens is 252 g/mol. The molecular formula is C16H20N2O2. The quantitative estimate of drug-likeness (QED) is 0.910. The maximum atomic E-state index is 11.4. The maximum Gasteiger partial charge on any atom is 0.339 e. The van der Waals surface area contributed by atoms with Crippen LogP contribution in [0.2, 0.25) is 0 Å². The van der Waals surface area contributed by atoms with E-state index in [2.05, 4.69) is 5.10 Å². The summed E-state index contributed by atoms with van der Waals surface area (Å²) in [5.74, 6) is -0.938. The summed E-state index contributed by atoms with van der Waals surface area (Å²) in [6.45, 7) is 10.0. The Bertz CT molecular complexity index is 643. The van der Waals surface area contributed by atoms with Gasteiger partial charge in [0.05, 0.1) is 17.6 Å². The number of carboxylic acids is 1. The van der Waals surface area contributed by atoms with Crippen LogP contribution < -0.4 is 0 Å². The van der Waals surface area contributed by atoms with Crippen molar-refractivity contribution in [2.75, 3.05) is 0 Å². The van der Waals surface area contributed by atoms with Crippen LogP contribution in [0.25, 0.3) is 5.69 Å². The third-order valence-electron chi connectivity index (χ3n) is 3.36. The predicted octanol–water partition coefficient (Wildman–Crippen LogP) is 3.48. The number of benzene rings is 1. The molecule has 0 bridgehead atoms. The molecule has 0 saturated heterocycles. The Labute approximate surface area is 119 Å². The van der Waals surface area contributed by atoms with Gasteiger partial charge < -0.3 is 5.11 Å². The van der Waals surface area contributed by atoms with E-state index in [9.17, 15) is 9.90 Å². The molecule has 106 valence electrons. The first-order chi connectivity index (χ1) is 9.23. The lowest BCUT2D eigenvalue weighted by Crippen LogP contribution is -2.21. The normalized spacial score (nSPS) is 11.7. The number of hydrogen-bond donors (Lipinski definition) is 1. The summed E-state index contributed by atoms with van der Waals surface area (Å²) >= 11 is 0.